The largest absolute Gasteiger partial charge is 0.370 e. The molecular formula is C13H19NO2. The van der Waals surface area contributed by atoms with Gasteiger partial charge in [-0.25, -0.2) is 0 Å². The van der Waals surface area contributed by atoms with Gasteiger partial charge in [-0.2, -0.15) is 0 Å². The SMILES string of the molecule is Cc1ccn(CC2CCC(C)(C)O2)c(=O)c1. The van der Waals surface area contributed by atoms with Crippen LogP contribution in [0.15, 0.2) is 23.1 Å². The summed E-state index contributed by atoms with van der Waals surface area (Å²) < 4.78 is 7.61. The Kier molecular flexibility index (Phi) is 2.89. The zero-order valence-electron chi connectivity index (χ0n) is 10.2. The first-order chi connectivity index (χ1) is 7.46. The van der Waals surface area contributed by atoms with Crippen LogP contribution in [0.3, 0.4) is 0 Å². The lowest BCUT2D eigenvalue weighted by molar-refractivity contribution is -0.0220. The molecule has 0 aromatic carbocycles. The first-order valence-electron chi connectivity index (χ1n) is 5.81. The highest BCUT2D eigenvalue weighted by Crippen LogP contribution is 2.29. The average molecular weight is 221 g/mol. The molecule has 88 valence electrons. The lowest BCUT2D eigenvalue weighted by Gasteiger charge is -2.19. The smallest absolute Gasteiger partial charge is 0.250 e. The number of aromatic nitrogens is 1. The Labute approximate surface area is 96.0 Å². The molecule has 1 aromatic heterocycles. The summed E-state index contributed by atoms with van der Waals surface area (Å²) in [4.78, 5) is 11.7. The van der Waals surface area contributed by atoms with Crippen LogP contribution in [0.4, 0.5) is 0 Å². The second-order valence-electron chi connectivity index (χ2n) is 5.23. The number of rotatable bonds is 2. The van der Waals surface area contributed by atoms with Gasteiger partial charge < -0.3 is 9.30 Å². The van der Waals surface area contributed by atoms with E-state index in [2.05, 4.69) is 13.8 Å². The fourth-order valence-electron chi connectivity index (χ4n) is 2.18. The van der Waals surface area contributed by atoms with Gasteiger partial charge in [-0.05, 0) is 45.2 Å². The maximum Gasteiger partial charge on any atom is 0.250 e. The van der Waals surface area contributed by atoms with Crippen LogP contribution in [0.1, 0.15) is 32.3 Å². The lowest BCUT2D eigenvalue weighted by atomic mass is 10.1. The van der Waals surface area contributed by atoms with Crippen molar-refractivity contribution in [1.82, 2.24) is 4.57 Å². The first kappa shape index (κ1) is 11.4. The molecule has 0 saturated carbocycles. The summed E-state index contributed by atoms with van der Waals surface area (Å²) >= 11 is 0. The molecule has 0 amide bonds. The van der Waals surface area contributed by atoms with Crippen molar-refractivity contribution >= 4 is 0 Å². The molecule has 3 nitrogen and oxygen atoms in total. The molecule has 1 unspecified atom stereocenters. The molecule has 0 radical (unpaired) electrons. The summed E-state index contributed by atoms with van der Waals surface area (Å²) in [6.07, 6.45) is 4.13. The number of nitrogens with zero attached hydrogens (tertiary/aromatic N) is 1. The number of hydrogen-bond acceptors (Lipinski definition) is 2. The van der Waals surface area contributed by atoms with Gasteiger partial charge in [0.25, 0.3) is 5.56 Å². The van der Waals surface area contributed by atoms with Gasteiger partial charge in [0.2, 0.25) is 0 Å². The highest BCUT2D eigenvalue weighted by molar-refractivity contribution is 5.08. The summed E-state index contributed by atoms with van der Waals surface area (Å²) in [5.74, 6) is 0. The van der Waals surface area contributed by atoms with Crippen molar-refractivity contribution in [3.8, 4) is 0 Å². The second kappa shape index (κ2) is 4.06. The molecule has 0 bridgehead atoms. The normalized spacial score (nSPS) is 23.6. The van der Waals surface area contributed by atoms with Crippen molar-refractivity contribution in [2.24, 2.45) is 0 Å². The highest BCUT2D eigenvalue weighted by Gasteiger charge is 2.31. The molecule has 0 N–H and O–H groups in total. The zero-order valence-corrected chi connectivity index (χ0v) is 10.2. The number of aryl methyl sites for hydroxylation is 1. The lowest BCUT2D eigenvalue weighted by Crippen LogP contribution is -2.28. The Bertz CT molecular complexity index is 434. The van der Waals surface area contributed by atoms with Crippen LogP contribution in [-0.2, 0) is 11.3 Å². The van der Waals surface area contributed by atoms with Gasteiger partial charge in [0, 0.05) is 12.3 Å². The number of pyridine rings is 1. The first-order valence-corrected chi connectivity index (χ1v) is 5.81. The van der Waals surface area contributed by atoms with E-state index in [1.165, 1.54) is 0 Å². The second-order valence-corrected chi connectivity index (χ2v) is 5.23. The van der Waals surface area contributed by atoms with Crippen molar-refractivity contribution < 1.29 is 4.74 Å². The van der Waals surface area contributed by atoms with Crippen LogP contribution in [0.25, 0.3) is 0 Å². The Morgan fingerprint density at radius 3 is 2.88 bits per heavy atom. The van der Waals surface area contributed by atoms with E-state index >= 15 is 0 Å². The Hall–Kier alpha value is -1.09. The molecule has 1 fully saturated rings. The molecule has 1 aliphatic rings. The van der Waals surface area contributed by atoms with Crippen LogP contribution in [0.2, 0.25) is 0 Å². The maximum atomic E-state index is 11.7. The minimum Gasteiger partial charge on any atom is -0.370 e. The molecule has 16 heavy (non-hydrogen) atoms. The predicted octanol–water partition coefficient (Wildman–Crippen LogP) is 2.11. The maximum absolute atomic E-state index is 11.7. The molecule has 1 saturated heterocycles. The van der Waals surface area contributed by atoms with Gasteiger partial charge in [-0.1, -0.05) is 0 Å². The van der Waals surface area contributed by atoms with Gasteiger partial charge in [-0.15, -0.1) is 0 Å². The quantitative estimate of drug-likeness (QED) is 0.766. The third kappa shape index (κ3) is 2.53. The number of ether oxygens (including phenoxy) is 1. The monoisotopic (exact) mass is 221 g/mol. The van der Waals surface area contributed by atoms with Crippen LogP contribution in [-0.4, -0.2) is 16.3 Å². The zero-order chi connectivity index (χ0) is 11.8. The third-order valence-corrected chi connectivity index (χ3v) is 3.11. The molecular weight excluding hydrogens is 202 g/mol. The van der Waals surface area contributed by atoms with E-state index in [4.69, 9.17) is 4.74 Å². The summed E-state index contributed by atoms with van der Waals surface area (Å²) in [7, 11) is 0. The number of hydrogen-bond donors (Lipinski definition) is 0. The van der Waals surface area contributed by atoms with Crippen molar-refractivity contribution in [2.45, 2.75) is 51.9 Å². The summed E-state index contributed by atoms with van der Waals surface area (Å²) in [6.45, 7) is 6.80. The van der Waals surface area contributed by atoms with Crippen LogP contribution >= 0.6 is 0 Å². The van der Waals surface area contributed by atoms with E-state index in [1.807, 2.05) is 19.2 Å². The van der Waals surface area contributed by atoms with Crippen LogP contribution in [0.5, 0.6) is 0 Å². The summed E-state index contributed by atoms with van der Waals surface area (Å²) in [5.41, 5.74) is 1.04. The fourth-order valence-corrected chi connectivity index (χ4v) is 2.18. The van der Waals surface area contributed by atoms with E-state index in [-0.39, 0.29) is 17.3 Å². The van der Waals surface area contributed by atoms with Gasteiger partial charge in [0.1, 0.15) is 0 Å². The topological polar surface area (TPSA) is 31.2 Å². The van der Waals surface area contributed by atoms with Crippen molar-refractivity contribution in [2.75, 3.05) is 0 Å². The molecule has 1 aromatic rings. The van der Waals surface area contributed by atoms with Gasteiger partial charge >= 0.3 is 0 Å². The van der Waals surface area contributed by atoms with Crippen molar-refractivity contribution in [3.05, 3.63) is 34.2 Å². The van der Waals surface area contributed by atoms with E-state index in [9.17, 15) is 4.79 Å². The van der Waals surface area contributed by atoms with Gasteiger partial charge in [0.15, 0.2) is 0 Å². The van der Waals surface area contributed by atoms with Crippen LogP contribution < -0.4 is 5.56 Å². The molecule has 1 aliphatic heterocycles. The Morgan fingerprint density at radius 1 is 1.56 bits per heavy atom. The van der Waals surface area contributed by atoms with E-state index < -0.39 is 0 Å². The van der Waals surface area contributed by atoms with Crippen molar-refractivity contribution in [1.29, 1.82) is 0 Å². The summed E-state index contributed by atoms with van der Waals surface area (Å²) in [5, 5.41) is 0. The van der Waals surface area contributed by atoms with Crippen molar-refractivity contribution in [3.63, 3.8) is 0 Å². The van der Waals surface area contributed by atoms with E-state index in [0.29, 0.717) is 6.54 Å². The highest BCUT2D eigenvalue weighted by atomic mass is 16.5. The predicted molar refractivity (Wildman–Crippen MR) is 63.6 cm³/mol. The van der Waals surface area contributed by atoms with Crippen LogP contribution in [0, 0.1) is 6.92 Å². The minimum absolute atomic E-state index is 0.0288. The van der Waals surface area contributed by atoms with E-state index in [0.717, 1.165) is 18.4 Å². The minimum atomic E-state index is -0.0288. The molecule has 3 heteroatoms. The van der Waals surface area contributed by atoms with E-state index in [1.54, 1.807) is 10.6 Å². The standard InChI is InChI=1S/C13H19NO2/c1-10-5-7-14(12(15)8-10)9-11-4-6-13(2,3)16-11/h5,7-8,11H,4,6,9H2,1-3H3. The average Bonchev–Trinajstić information content (AvgIpc) is 2.51. The molecule has 2 rings (SSSR count). The molecule has 2 heterocycles. The molecule has 1 atom stereocenters. The van der Waals surface area contributed by atoms with Gasteiger partial charge in [0.05, 0.1) is 18.2 Å². The Balaban J connectivity index is 2.08. The molecule has 0 aliphatic carbocycles. The Morgan fingerprint density at radius 2 is 2.31 bits per heavy atom. The van der Waals surface area contributed by atoms with Gasteiger partial charge in [-0.3, -0.25) is 4.79 Å². The third-order valence-electron chi connectivity index (χ3n) is 3.11. The fraction of sp³-hybridized carbons (Fsp3) is 0.615. The molecule has 0 spiro atoms. The summed E-state index contributed by atoms with van der Waals surface area (Å²) in [6, 6.07) is 3.63.